The van der Waals surface area contributed by atoms with Gasteiger partial charge in [-0.05, 0) is 55.3 Å². The van der Waals surface area contributed by atoms with Crippen LogP contribution in [-0.2, 0) is 24.1 Å². The minimum atomic E-state index is -3.67. The van der Waals surface area contributed by atoms with Crippen LogP contribution in [0.3, 0.4) is 0 Å². The molecular formula is C21H26N4O4S. The second kappa shape index (κ2) is 7.81. The monoisotopic (exact) mass is 430 g/mol. The van der Waals surface area contributed by atoms with Crippen molar-refractivity contribution in [3.63, 3.8) is 0 Å². The van der Waals surface area contributed by atoms with E-state index in [0.717, 1.165) is 37.4 Å². The molecule has 1 aliphatic heterocycles. The summed E-state index contributed by atoms with van der Waals surface area (Å²) in [7, 11) is 1.28. The van der Waals surface area contributed by atoms with Crippen LogP contribution in [0.1, 0.15) is 12.8 Å². The van der Waals surface area contributed by atoms with Crippen LogP contribution < -0.4 is 20.0 Å². The van der Waals surface area contributed by atoms with E-state index < -0.39 is 10.0 Å². The van der Waals surface area contributed by atoms with Crippen LogP contribution in [0.5, 0.6) is 5.75 Å². The molecule has 3 aromatic rings. The number of ether oxygens (including phenoxy) is 1. The van der Waals surface area contributed by atoms with Gasteiger partial charge in [0.2, 0.25) is 10.0 Å². The highest BCUT2D eigenvalue weighted by atomic mass is 32.2. The Hall–Kier alpha value is -2.78. The first-order chi connectivity index (χ1) is 14.3. The third kappa shape index (κ3) is 3.70. The lowest BCUT2D eigenvalue weighted by molar-refractivity contribution is 0.414. The number of piperidine rings is 1. The molecule has 8 nitrogen and oxygen atoms in total. The summed E-state index contributed by atoms with van der Waals surface area (Å²) in [6, 6.07) is 12.6. The van der Waals surface area contributed by atoms with Crippen molar-refractivity contribution >= 4 is 26.7 Å². The van der Waals surface area contributed by atoms with E-state index in [-0.39, 0.29) is 16.6 Å². The van der Waals surface area contributed by atoms with Crippen molar-refractivity contribution < 1.29 is 13.2 Å². The average molecular weight is 431 g/mol. The molecule has 0 amide bonds. The maximum atomic E-state index is 12.9. The quantitative estimate of drug-likeness (QED) is 0.668. The number of rotatable bonds is 5. The largest absolute Gasteiger partial charge is 0.497 e. The second-order valence-electron chi connectivity index (χ2n) is 7.63. The molecule has 0 aliphatic carbocycles. The summed E-state index contributed by atoms with van der Waals surface area (Å²) in [5.74, 6) is 0.814. The summed E-state index contributed by atoms with van der Waals surface area (Å²) in [6.45, 7) is 1.54. The van der Waals surface area contributed by atoms with E-state index in [1.54, 1.807) is 39.4 Å². The maximum absolute atomic E-state index is 12.9. The van der Waals surface area contributed by atoms with Crippen LogP contribution in [0.2, 0.25) is 0 Å². The standard InChI is InChI=1S/C21H26N4O4S/c1-23-19-9-8-18(14-20(19)24(2)21(23)26)30(27,28)22-15-10-12-25(13-11-15)16-4-6-17(29-3)7-5-16/h4-9,14-15,22H,10-13H2,1-3H3. The summed E-state index contributed by atoms with van der Waals surface area (Å²) < 4.78 is 36.9. The van der Waals surface area contributed by atoms with Crippen molar-refractivity contribution in [2.24, 2.45) is 14.1 Å². The van der Waals surface area contributed by atoms with Crippen LogP contribution in [0, 0.1) is 0 Å². The fourth-order valence-corrected chi connectivity index (χ4v) is 5.31. The first-order valence-corrected chi connectivity index (χ1v) is 11.4. The number of nitrogens with zero attached hydrogens (tertiary/aromatic N) is 3. The first kappa shape index (κ1) is 20.5. The van der Waals surface area contributed by atoms with E-state index in [9.17, 15) is 13.2 Å². The number of sulfonamides is 1. The molecule has 2 aromatic carbocycles. The van der Waals surface area contributed by atoms with E-state index in [1.807, 2.05) is 24.3 Å². The number of fused-ring (bicyclic) bond motifs is 1. The van der Waals surface area contributed by atoms with Gasteiger partial charge in [0.05, 0.1) is 23.0 Å². The zero-order chi connectivity index (χ0) is 21.5. The zero-order valence-corrected chi connectivity index (χ0v) is 18.1. The number of hydrogen-bond donors (Lipinski definition) is 1. The van der Waals surface area contributed by atoms with E-state index in [0.29, 0.717) is 11.0 Å². The normalized spacial score (nSPS) is 15.6. The smallest absolute Gasteiger partial charge is 0.328 e. The Bertz CT molecular complexity index is 1220. The zero-order valence-electron chi connectivity index (χ0n) is 17.3. The van der Waals surface area contributed by atoms with Crippen LogP contribution in [0.4, 0.5) is 5.69 Å². The lowest BCUT2D eigenvalue weighted by Gasteiger charge is -2.33. The summed E-state index contributed by atoms with van der Waals surface area (Å²) in [5, 5.41) is 0. The highest BCUT2D eigenvalue weighted by Crippen LogP contribution is 2.24. The average Bonchev–Trinajstić information content (AvgIpc) is 2.98. The predicted octanol–water partition coefficient (Wildman–Crippen LogP) is 1.83. The number of hydrogen-bond acceptors (Lipinski definition) is 5. The molecule has 0 unspecified atom stereocenters. The maximum Gasteiger partial charge on any atom is 0.328 e. The fraction of sp³-hybridized carbons (Fsp3) is 0.381. The molecule has 2 heterocycles. The molecule has 9 heteroatoms. The third-order valence-electron chi connectivity index (χ3n) is 5.81. The molecule has 1 saturated heterocycles. The van der Waals surface area contributed by atoms with Crippen LogP contribution in [0.25, 0.3) is 11.0 Å². The molecule has 1 aliphatic rings. The molecule has 0 saturated carbocycles. The predicted molar refractivity (Wildman–Crippen MR) is 117 cm³/mol. The Morgan fingerprint density at radius 3 is 2.23 bits per heavy atom. The lowest BCUT2D eigenvalue weighted by atomic mass is 10.1. The number of nitrogens with one attached hydrogen (secondary N) is 1. The highest BCUT2D eigenvalue weighted by Gasteiger charge is 2.25. The van der Waals surface area contributed by atoms with E-state index in [2.05, 4.69) is 9.62 Å². The molecule has 30 heavy (non-hydrogen) atoms. The minimum Gasteiger partial charge on any atom is -0.497 e. The number of methoxy groups -OCH3 is 1. The summed E-state index contributed by atoms with van der Waals surface area (Å²) in [5.41, 5.74) is 2.22. The summed E-state index contributed by atoms with van der Waals surface area (Å²) in [4.78, 5) is 14.5. The van der Waals surface area contributed by atoms with Crippen molar-refractivity contribution in [2.45, 2.75) is 23.8 Å². The van der Waals surface area contributed by atoms with Gasteiger partial charge < -0.3 is 9.64 Å². The van der Waals surface area contributed by atoms with Gasteiger partial charge in [0.25, 0.3) is 0 Å². The number of aromatic nitrogens is 2. The molecule has 0 atom stereocenters. The lowest BCUT2D eigenvalue weighted by Crippen LogP contribution is -2.44. The summed E-state index contributed by atoms with van der Waals surface area (Å²) in [6.07, 6.45) is 1.44. The Morgan fingerprint density at radius 1 is 0.967 bits per heavy atom. The topological polar surface area (TPSA) is 85.6 Å². The Kier molecular flexibility index (Phi) is 5.33. The molecule has 0 radical (unpaired) electrons. The minimum absolute atomic E-state index is 0.125. The number of anilines is 1. The number of aryl methyl sites for hydroxylation is 2. The molecule has 1 fully saturated rings. The second-order valence-corrected chi connectivity index (χ2v) is 9.35. The molecular weight excluding hydrogens is 404 g/mol. The molecule has 0 bridgehead atoms. The van der Waals surface area contributed by atoms with Crippen molar-refractivity contribution in [1.82, 2.24) is 13.9 Å². The van der Waals surface area contributed by atoms with Gasteiger partial charge in [0.1, 0.15) is 5.75 Å². The van der Waals surface area contributed by atoms with Gasteiger partial charge in [-0.1, -0.05) is 0 Å². The molecule has 1 N–H and O–H groups in total. The van der Waals surface area contributed by atoms with Crippen molar-refractivity contribution in [3.05, 3.63) is 52.9 Å². The fourth-order valence-electron chi connectivity index (χ4n) is 3.99. The van der Waals surface area contributed by atoms with Gasteiger partial charge in [-0.15, -0.1) is 0 Å². The number of benzene rings is 2. The van der Waals surface area contributed by atoms with Crippen molar-refractivity contribution in [3.8, 4) is 5.75 Å². The molecule has 4 rings (SSSR count). The SMILES string of the molecule is COc1ccc(N2CCC(NS(=O)(=O)c3ccc4c(c3)n(C)c(=O)n4C)CC2)cc1. The highest BCUT2D eigenvalue weighted by molar-refractivity contribution is 7.89. The van der Waals surface area contributed by atoms with Gasteiger partial charge in [0.15, 0.2) is 0 Å². The molecule has 1 aromatic heterocycles. The Morgan fingerprint density at radius 2 is 1.60 bits per heavy atom. The Balaban J connectivity index is 1.46. The van der Waals surface area contributed by atoms with Gasteiger partial charge in [0, 0.05) is 38.9 Å². The number of imidazole rings is 1. The molecule has 160 valence electrons. The Labute approximate surface area is 175 Å². The van der Waals surface area contributed by atoms with E-state index in [1.165, 1.54) is 9.13 Å². The van der Waals surface area contributed by atoms with Crippen LogP contribution >= 0.6 is 0 Å². The van der Waals surface area contributed by atoms with Gasteiger partial charge in [-0.3, -0.25) is 9.13 Å². The van der Waals surface area contributed by atoms with Crippen LogP contribution in [0.15, 0.2) is 52.2 Å². The van der Waals surface area contributed by atoms with E-state index >= 15 is 0 Å². The van der Waals surface area contributed by atoms with Gasteiger partial charge in [-0.2, -0.15) is 0 Å². The van der Waals surface area contributed by atoms with Gasteiger partial charge in [-0.25, -0.2) is 17.9 Å². The third-order valence-corrected chi connectivity index (χ3v) is 7.33. The summed E-state index contributed by atoms with van der Waals surface area (Å²) >= 11 is 0. The van der Waals surface area contributed by atoms with Crippen molar-refractivity contribution in [2.75, 3.05) is 25.1 Å². The van der Waals surface area contributed by atoms with E-state index in [4.69, 9.17) is 4.74 Å². The van der Waals surface area contributed by atoms with Gasteiger partial charge >= 0.3 is 5.69 Å². The van der Waals surface area contributed by atoms with Crippen molar-refractivity contribution in [1.29, 1.82) is 0 Å². The molecule has 0 spiro atoms. The van der Waals surface area contributed by atoms with Crippen LogP contribution in [-0.4, -0.2) is 43.8 Å². The first-order valence-electron chi connectivity index (χ1n) is 9.87.